The zero-order valence-electron chi connectivity index (χ0n) is 10.5. The molecule has 0 aliphatic heterocycles. The fourth-order valence-electron chi connectivity index (χ4n) is 1.40. The van der Waals surface area contributed by atoms with E-state index in [0.29, 0.717) is 35.0 Å². The van der Waals surface area contributed by atoms with E-state index in [9.17, 15) is 0 Å². The number of ether oxygens (including phenoxy) is 2. The fourth-order valence-corrected chi connectivity index (χ4v) is 1.61. The number of nitrogen functional groups attached to an aromatic ring is 1. The third kappa shape index (κ3) is 4.30. The summed E-state index contributed by atoms with van der Waals surface area (Å²) in [5.41, 5.74) is 6.08. The minimum atomic E-state index is 0.341. The fraction of sp³-hybridized carbons (Fsp3) is 0.583. The molecule has 0 aliphatic rings. The van der Waals surface area contributed by atoms with Crippen LogP contribution in [0.1, 0.15) is 26.7 Å². The van der Waals surface area contributed by atoms with Gasteiger partial charge in [0, 0.05) is 0 Å². The molecule has 1 heterocycles. The molecule has 96 valence electrons. The Labute approximate surface area is 107 Å². The molecule has 4 nitrogen and oxygen atoms in total. The number of halogens is 1. The van der Waals surface area contributed by atoms with E-state index >= 15 is 0 Å². The zero-order chi connectivity index (χ0) is 12.8. The van der Waals surface area contributed by atoms with Gasteiger partial charge in [-0.1, -0.05) is 25.4 Å². The summed E-state index contributed by atoms with van der Waals surface area (Å²) in [7, 11) is 1.51. The number of pyridine rings is 1. The standard InChI is InChI=1S/C12H19ClN2O2/c1-8(2)5-4-6-17-11-9(13)7-10(14)12(15-11)16-3/h7-8H,4-6,14H2,1-3H3. The summed E-state index contributed by atoms with van der Waals surface area (Å²) >= 11 is 5.98. The average molecular weight is 259 g/mol. The molecule has 0 radical (unpaired) electrons. The average Bonchev–Trinajstić information content (AvgIpc) is 2.26. The van der Waals surface area contributed by atoms with Gasteiger partial charge < -0.3 is 15.2 Å². The van der Waals surface area contributed by atoms with Crippen LogP contribution in [-0.2, 0) is 0 Å². The number of hydrogen-bond donors (Lipinski definition) is 1. The molecule has 0 saturated carbocycles. The van der Waals surface area contributed by atoms with Crippen LogP contribution in [0.25, 0.3) is 0 Å². The first-order chi connectivity index (χ1) is 8.04. The van der Waals surface area contributed by atoms with Crippen LogP contribution in [-0.4, -0.2) is 18.7 Å². The van der Waals surface area contributed by atoms with Crippen molar-refractivity contribution in [2.24, 2.45) is 5.92 Å². The maximum Gasteiger partial charge on any atom is 0.240 e. The maximum atomic E-state index is 5.98. The van der Waals surface area contributed by atoms with Gasteiger partial charge in [-0.2, -0.15) is 4.98 Å². The van der Waals surface area contributed by atoms with Crippen molar-refractivity contribution in [1.29, 1.82) is 0 Å². The summed E-state index contributed by atoms with van der Waals surface area (Å²) < 4.78 is 10.5. The maximum absolute atomic E-state index is 5.98. The van der Waals surface area contributed by atoms with Crippen LogP contribution in [0.4, 0.5) is 5.69 Å². The van der Waals surface area contributed by atoms with Crippen LogP contribution in [0.15, 0.2) is 6.07 Å². The number of rotatable bonds is 6. The van der Waals surface area contributed by atoms with Crippen LogP contribution in [0, 0.1) is 5.92 Å². The summed E-state index contributed by atoms with van der Waals surface area (Å²) in [5, 5.41) is 0.410. The molecular weight excluding hydrogens is 240 g/mol. The van der Waals surface area contributed by atoms with Gasteiger partial charge in [0.1, 0.15) is 5.02 Å². The monoisotopic (exact) mass is 258 g/mol. The quantitative estimate of drug-likeness (QED) is 0.797. The van der Waals surface area contributed by atoms with Crippen LogP contribution in [0.5, 0.6) is 11.8 Å². The Morgan fingerprint density at radius 3 is 2.71 bits per heavy atom. The molecule has 1 rings (SSSR count). The van der Waals surface area contributed by atoms with E-state index in [2.05, 4.69) is 18.8 Å². The van der Waals surface area contributed by atoms with Gasteiger partial charge in [-0.15, -0.1) is 0 Å². The first kappa shape index (κ1) is 13.9. The van der Waals surface area contributed by atoms with E-state index in [0.717, 1.165) is 12.8 Å². The van der Waals surface area contributed by atoms with Crippen molar-refractivity contribution in [3.05, 3.63) is 11.1 Å². The SMILES string of the molecule is COc1nc(OCCCC(C)C)c(Cl)cc1N. The van der Waals surface area contributed by atoms with E-state index in [1.807, 2.05) is 0 Å². The van der Waals surface area contributed by atoms with Crippen molar-refractivity contribution in [2.45, 2.75) is 26.7 Å². The highest BCUT2D eigenvalue weighted by Crippen LogP contribution is 2.30. The van der Waals surface area contributed by atoms with Crippen molar-refractivity contribution in [3.63, 3.8) is 0 Å². The van der Waals surface area contributed by atoms with Crippen LogP contribution >= 0.6 is 11.6 Å². The smallest absolute Gasteiger partial charge is 0.240 e. The topological polar surface area (TPSA) is 57.4 Å². The third-order valence-corrected chi connectivity index (χ3v) is 2.57. The molecule has 1 aromatic rings. The Hall–Kier alpha value is -1.16. The lowest BCUT2D eigenvalue weighted by Gasteiger charge is -2.10. The number of anilines is 1. The van der Waals surface area contributed by atoms with Gasteiger partial charge in [-0.05, 0) is 24.8 Å². The van der Waals surface area contributed by atoms with E-state index in [1.54, 1.807) is 6.07 Å². The first-order valence-corrected chi connectivity index (χ1v) is 6.05. The van der Waals surface area contributed by atoms with Crippen LogP contribution < -0.4 is 15.2 Å². The number of methoxy groups -OCH3 is 1. The normalized spacial score (nSPS) is 10.6. The molecule has 1 aromatic heterocycles. The summed E-state index contributed by atoms with van der Waals surface area (Å²) in [5.74, 6) is 1.39. The number of aromatic nitrogens is 1. The number of nitrogens with two attached hydrogens (primary N) is 1. The molecule has 0 aromatic carbocycles. The molecule has 0 atom stereocenters. The largest absolute Gasteiger partial charge is 0.479 e. The van der Waals surface area contributed by atoms with Gasteiger partial charge in [-0.3, -0.25) is 0 Å². The number of hydrogen-bond acceptors (Lipinski definition) is 4. The van der Waals surface area contributed by atoms with Gasteiger partial charge in [-0.25, -0.2) is 0 Å². The first-order valence-electron chi connectivity index (χ1n) is 5.67. The second kappa shape index (κ2) is 6.55. The highest BCUT2D eigenvalue weighted by atomic mass is 35.5. The highest BCUT2D eigenvalue weighted by Gasteiger charge is 2.10. The molecule has 0 unspecified atom stereocenters. The number of nitrogens with zero attached hydrogens (tertiary/aromatic N) is 1. The van der Waals surface area contributed by atoms with Crippen molar-refractivity contribution < 1.29 is 9.47 Å². The van der Waals surface area contributed by atoms with E-state index in [-0.39, 0.29) is 0 Å². The zero-order valence-corrected chi connectivity index (χ0v) is 11.3. The van der Waals surface area contributed by atoms with Gasteiger partial charge in [0.05, 0.1) is 19.4 Å². The lowest BCUT2D eigenvalue weighted by atomic mass is 10.1. The van der Waals surface area contributed by atoms with E-state index in [4.69, 9.17) is 26.8 Å². The highest BCUT2D eigenvalue weighted by molar-refractivity contribution is 6.32. The summed E-state index contributed by atoms with van der Waals surface area (Å²) in [6.45, 7) is 4.95. The van der Waals surface area contributed by atoms with Crippen molar-refractivity contribution >= 4 is 17.3 Å². The Kier molecular flexibility index (Phi) is 5.35. The molecule has 0 fully saturated rings. The molecule has 5 heteroatoms. The lowest BCUT2D eigenvalue weighted by Crippen LogP contribution is -2.03. The van der Waals surface area contributed by atoms with Crippen molar-refractivity contribution in [1.82, 2.24) is 4.98 Å². The molecule has 0 saturated heterocycles. The molecule has 0 aliphatic carbocycles. The molecule has 0 bridgehead atoms. The van der Waals surface area contributed by atoms with Crippen molar-refractivity contribution in [3.8, 4) is 11.8 Å². The van der Waals surface area contributed by atoms with Gasteiger partial charge in [0.2, 0.25) is 11.8 Å². The van der Waals surface area contributed by atoms with Gasteiger partial charge >= 0.3 is 0 Å². The van der Waals surface area contributed by atoms with E-state index < -0.39 is 0 Å². The summed E-state index contributed by atoms with van der Waals surface area (Å²) in [6, 6.07) is 1.59. The second-order valence-corrected chi connectivity index (χ2v) is 4.67. The third-order valence-electron chi connectivity index (χ3n) is 2.29. The lowest BCUT2D eigenvalue weighted by molar-refractivity contribution is 0.282. The molecule has 0 spiro atoms. The predicted octanol–water partition coefficient (Wildman–Crippen LogP) is 3.14. The minimum absolute atomic E-state index is 0.341. The van der Waals surface area contributed by atoms with E-state index in [1.165, 1.54) is 7.11 Å². The molecule has 17 heavy (non-hydrogen) atoms. The summed E-state index contributed by atoms with van der Waals surface area (Å²) in [6.07, 6.45) is 2.09. The van der Waals surface area contributed by atoms with Crippen molar-refractivity contribution in [2.75, 3.05) is 19.5 Å². The Morgan fingerprint density at radius 1 is 1.41 bits per heavy atom. The Bertz CT molecular complexity index is 370. The summed E-state index contributed by atoms with van der Waals surface area (Å²) in [4.78, 5) is 4.11. The van der Waals surface area contributed by atoms with Gasteiger partial charge in [0.25, 0.3) is 0 Å². The minimum Gasteiger partial charge on any atom is -0.479 e. The predicted molar refractivity (Wildman–Crippen MR) is 69.8 cm³/mol. The molecule has 0 amide bonds. The molecular formula is C12H19ClN2O2. The Morgan fingerprint density at radius 2 is 2.12 bits per heavy atom. The van der Waals surface area contributed by atoms with Crippen LogP contribution in [0.3, 0.4) is 0 Å². The van der Waals surface area contributed by atoms with Gasteiger partial charge in [0.15, 0.2) is 0 Å². The van der Waals surface area contributed by atoms with Crippen LogP contribution in [0.2, 0.25) is 5.02 Å². The second-order valence-electron chi connectivity index (χ2n) is 4.26. The Balaban J connectivity index is 2.58. The molecule has 2 N–H and O–H groups in total.